The predicted octanol–water partition coefficient (Wildman–Crippen LogP) is 4.38. The highest BCUT2D eigenvalue weighted by atomic mass is 79.9. The van der Waals surface area contributed by atoms with Gasteiger partial charge >= 0.3 is 11.2 Å². The summed E-state index contributed by atoms with van der Waals surface area (Å²) in [4.78, 5) is 34.9. The Morgan fingerprint density at radius 2 is 1.81 bits per heavy atom. The lowest BCUT2D eigenvalue weighted by Gasteiger charge is -2.07. The normalized spacial score (nSPS) is 10.6. The van der Waals surface area contributed by atoms with Crippen molar-refractivity contribution in [2.45, 2.75) is 13.5 Å². The third-order valence-electron chi connectivity index (χ3n) is 4.10. The molecule has 0 fully saturated rings. The van der Waals surface area contributed by atoms with Crippen molar-refractivity contribution < 1.29 is 9.72 Å². The molecule has 0 atom stereocenters. The number of Topliss-reactive ketones (excluding diaryl/α,β-unsaturated/α-hetero) is 1. The van der Waals surface area contributed by atoms with Crippen LogP contribution in [0.1, 0.15) is 15.9 Å². The summed E-state index contributed by atoms with van der Waals surface area (Å²) < 4.78 is 1.40. The number of carbonyl (C=O) groups excluding carboxylic acids is 1. The molecule has 0 aliphatic rings. The number of carbonyl (C=O) groups is 1. The molecule has 0 aliphatic heterocycles. The molecule has 136 valence electrons. The summed E-state index contributed by atoms with van der Waals surface area (Å²) in [6, 6.07) is 16.2. The number of nitrogens with zero attached hydrogens (tertiary/aromatic N) is 2. The van der Waals surface area contributed by atoms with Crippen molar-refractivity contribution in [3.05, 3.63) is 96.9 Å². The summed E-state index contributed by atoms with van der Waals surface area (Å²) in [7, 11) is 0. The van der Waals surface area contributed by atoms with Crippen LogP contribution in [-0.4, -0.2) is 15.3 Å². The van der Waals surface area contributed by atoms with Crippen LogP contribution in [0.2, 0.25) is 0 Å². The van der Waals surface area contributed by atoms with Gasteiger partial charge in [-0.1, -0.05) is 54.1 Å². The number of nitro groups is 1. The van der Waals surface area contributed by atoms with E-state index in [4.69, 9.17) is 0 Å². The number of benzene rings is 2. The van der Waals surface area contributed by atoms with Crippen LogP contribution < -0.4 is 5.56 Å². The second-order valence-electron chi connectivity index (χ2n) is 6.10. The summed E-state index contributed by atoms with van der Waals surface area (Å²) >= 11 is 3.13. The average molecular weight is 427 g/mol. The molecule has 0 radical (unpaired) electrons. The van der Waals surface area contributed by atoms with E-state index >= 15 is 0 Å². The molecule has 0 saturated carbocycles. The van der Waals surface area contributed by atoms with Crippen LogP contribution in [-0.2, 0) is 6.54 Å². The van der Waals surface area contributed by atoms with Gasteiger partial charge in [0.15, 0.2) is 5.78 Å². The van der Waals surface area contributed by atoms with Crippen LogP contribution >= 0.6 is 15.9 Å². The van der Waals surface area contributed by atoms with Gasteiger partial charge in [-0.2, -0.15) is 0 Å². The maximum atomic E-state index is 12.5. The Morgan fingerprint density at radius 1 is 1.11 bits per heavy atom. The van der Waals surface area contributed by atoms with Gasteiger partial charge in [-0.3, -0.25) is 19.7 Å². The monoisotopic (exact) mass is 426 g/mol. The van der Waals surface area contributed by atoms with Gasteiger partial charge < -0.3 is 4.57 Å². The molecule has 0 saturated heterocycles. The molecule has 0 spiro atoms. The largest absolute Gasteiger partial charge is 0.335 e. The average Bonchev–Trinajstić information content (AvgIpc) is 2.64. The maximum Gasteiger partial charge on any atom is 0.335 e. The Hall–Kier alpha value is -3.06. The van der Waals surface area contributed by atoms with Crippen LogP contribution in [0.5, 0.6) is 0 Å². The van der Waals surface area contributed by atoms with Crippen LogP contribution in [0.3, 0.4) is 0 Å². The van der Waals surface area contributed by atoms with E-state index in [1.54, 1.807) is 12.1 Å². The van der Waals surface area contributed by atoms with Crippen LogP contribution in [0, 0.1) is 17.0 Å². The first-order chi connectivity index (χ1) is 12.8. The third kappa shape index (κ3) is 4.20. The first kappa shape index (κ1) is 18.7. The van der Waals surface area contributed by atoms with Gasteiger partial charge in [0.1, 0.15) is 0 Å². The van der Waals surface area contributed by atoms with Crippen molar-refractivity contribution >= 4 is 27.4 Å². The van der Waals surface area contributed by atoms with E-state index in [9.17, 15) is 19.7 Å². The fourth-order valence-electron chi connectivity index (χ4n) is 2.75. The number of hydrogen-bond donors (Lipinski definition) is 0. The van der Waals surface area contributed by atoms with E-state index in [-0.39, 0.29) is 12.3 Å². The van der Waals surface area contributed by atoms with E-state index in [1.165, 1.54) is 6.20 Å². The van der Waals surface area contributed by atoms with Gasteiger partial charge in [0.25, 0.3) is 0 Å². The van der Waals surface area contributed by atoms with Gasteiger partial charge in [-0.25, -0.2) is 0 Å². The Morgan fingerprint density at radius 3 is 2.44 bits per heavy atom. The Labute approximate surface area is 163 Å². The number of pyridine rings is 1. The van der Waals surface area contributed by atoms with Crippen molar-refractivity contribution in [1.29, 1.82) is 0 Å². The fourth-order valence-corrected chi connectivity index (χ4v) is 3.22. The summed E-state index contributed by atoms with van der Waals surface area (Å²) in [6.07, 6.45) is 1.37. The zero-order chi connectivity index (χ0) is 19.6. The van der Waals surface area contributed by atoms with E-state index in [1.807, 2.05) is 37.3 Å². The first-order valence-electron chi connectivity index (χ1n) is 8.10. The topological polar surface area (TPSA) is 82.2 Å². The second kappa shape index (κ2) is 7.67. The molecule has 6 nitrogen and oxygen atoms in total. The molecule has 0 amide bonds. The maximum absolute atomic E-state index is 12.5. The number of hydrogen-bond acceptors (Lipinski definition) is 4. The number of aromatic nitrogens is 1. The molecule has 0 aliphatic carbocycles. The molecule has 27 heavy (non-hydrogen) atoms. The molecule has 0 bridgehead atoms. The minimum Gasteiger partial charge on any atom is -0.301 e. The van der Waals surface area contributed by atoms with E-state index in [0.29, 0.717) is 10.0 Å². The van der Waals surface area contributed by atoms with Gasteiger partial charge in [-0.15, -0.1) is 0 Å². The molecular weight excluding hydrogens is 412 g/mol. The molecule has 3 rings (SSSR count). The molecule has 1 aromatic heterocycles. The predicted molar refractivity (Wildman–Crippen MR) is 106 cm³/mol. The van der Waals surface area contributed by atoms with E-state index < -0.39 is 16.2 Å². The van der Waals surface area contributed by atoms with Crippen molar-refractivity contribution in [2.75, 3.05) is 0 Å². The molecule has 1 heterocycles. The Balaban J connectivity index is 1.85. The second-order valence-corrected chi connectivity index (χ2v) is 7.02. The lowest BCUT2D eigenvalue weighted by Crippen LogP contribution is -2.25. The molecule has 3 aromatic rings. The fraction of sp³-hybridized carbons (Fsp3) is 0.100. The van der Waals surface area contributed by atoms with E-state index in [2.05, 4.69) is 22.0 Å². The van der Waals surface area contributed by atoms with Gasteiger partial charge in [0, 0.05) is 22.3 Å². The summed E-state index contributed by atoms with van der Waals surface area (Å²) in [5.41, 5.74) is 2.21. The smallest absolute Gasteiger partial charge is 0.301 e. The van der Waals surface area contributed by atoms with Crippen molar-refractivity contribution in [1.82, 2.24) is 4.57 Å². The molecule has 0 unspecified atom stereocenters. The zero-order valence-corrected chi connectivity index (χ0v) is 16.0. The lowest BCUT2D eigenvalue weighted by molar-refractivity contribution is -0.386. The Bertz CT molecular complexity index is 1090. The highest BCUT2D eigenvalue weighted by molar-refractivity contribution is 9.10. The zero-order valence-electron chi connectivity index (χ0n) is 14.4. The highest BCUT2D eigenvalue weighted by Gasteiger charge is 2.18. The van der Waals surface area contributed by atoms with Crippen LogP contribution in [0.15, 0.2) is 70.1 Å². The lowest BCUT2D eigenvalue weighted by atomic mass is 10.0. The van der Waals surface area contributed by atoms with Crippen molar-refractivity contribution in [3.8, 4) is 11.1 Å². The van der Waals surface area contributed by atoms with Crippen LogP contribution in [0.25, 0.3) is 11.1 Å². The molecule has 0 N–H and O–H groups in total. The number of rotatable bonds is 5. The van der Waals surface area contributed by atoms with Gasteiger partial charge in [0.05, 0.1) is 11.5 Å². The van der Waals surface area contributed by atoms with E-state index in [0.717, 1.165) is 27.3 Å². The van der Waals surface area contributed by atoms with Crippen molar-refractivity contribution in [3.63, 3.8) is 0 Å². The Kier molecular flexibility index (Phi) is 5.32. The molecule has 2 aromatic carbocycles. The van der Waals surface area contributed by atoms with Gasteiger partial charge in [-0.05, 0) is 34.0 Å². The quantitative estimate of drug-likeness (QED) is 0.344. The SMILES string of the molecule is Cc1cccc(-c2ccc(C(=O)Cn3cc(Br)cc([N+](=O)[O-])c3=O)cc2)c1. The minimum absolute atomic E-state index is 0.275. The highest BCUT2D eigenvalue weighted by Crippen LogP contribution is 2.21. The molecule has 7 heteroatoms. The summed E-state index contributed by atoms with van der Waals surface area (Å²) in [5, 5.41) is 11.0. The molecular formula is C20H15BrN2O4. The minimum atomic E-state index is -0.812. The summed E-state index contributed by atoms with van der Waals surface area (Å²) in [6.45, 7) is 1.74. The van der Waals surface area contributed by atoms with Crippen LogP contribution in [0.4, 0.5) is 5.69 Å². The number of halogens is 1. The summed E-state index contributed by atoms with van der Waals surface area (Å²) in [5.74, 6) is -0.305. The van der Waals surface area contributed by atoms with Crippen molar-refractivity contribution in [2.24, 2.45) is 0 Å². The number of ketones is 1. The van der Waals surface area contributed by atoms with Gasteiger partial charge in [0.2, 0.25) is 0 Å². The standard InChI is InChI=1S/C20H15BrN2O4/c1-13-3-2-4-16(9-13)14-5-7-15(8-6-14)19(24)12-22-11-17(21)10-18(20(22)25)23(26)27/h2-11H,12H2,1H3. The first-order valence-corrected chi connectivity index (χ1v) is 8.89. The number of aryl methyl sites for hydroxylation is 1. The third-order valence-corrected chi connectivity index (χ3v) is 4.54.